The van der Waals surface area contributed by atoms with Gasteiger partial charge in [-0.15, -0.1) is 0 Å². The summed E-state index contributed by atoms with van der Waals surface area (Å²) >= 11 is 6.34. The summed E-state index contributed by atoms with van der Waals surface area (Å²) in [6.45, 7) is 1.01. The Balaban J connectivity index is 1.27. The van der Waals surface area contributed by atoms with Crippen LogP contribution in [-0.4, -0.2) is 51.0 Å². The van der Waals surface area contributed by atoms with Crippen LogP contribution in [0.1, 0.15) is 36.0 Å². The molecule has 186 valence electrons. The minimum absolute atomic E-state index is 0.0128. The van der Waals surface area contributed by atoms with E-state index in [1.807, 2.05) is 24.3 Å². The summed E-state index contributed by atoms with van der Waals surface area (Å²) < 4.78 is 0. The van der Waals surface area contributed by atoms with E-state index in [0.717, 1.165) is 25.7 Å². The zero-order chi connectivity index (χ0) is 25.1. The molecule has 9 nitrogen and oxygen atoms in total. The monoisotopic (exact) mass is 506 g/mol. The quantitative estimate of drug-likeness (QED) is 0.370. The number of halogens is 1. The minimum atomic E-state index is -0.463. The van der Waals surface area contributed by atoms with Gasteiger partial charge in [0.1, 0.15) is 5.02 Å². The highest BCUT2D eigenvalue weighted by atomic mass is 35.5. The van der Waals surface area contributed by atoms with E-state index >= 15 is 0 Å². The summed E-state index contributed by atoms with van der Waals surface area (Å²) in [4.78, 5) is 35.4. The van der Waals surface area contributed by atoms with Gasteiger partial charge in [-0.25, -0.2) is 4.98 Å². The number of anilines is 5. The second kappa shape index (κ2) is 10.5. The molecule has 5 rings (SSSR count). The standard InChI is InChI=1S/C26H27ClN6O3/c27-20-14-28-26(29-18-11-9-17(10-12-18)25(36)33-13-3-4-19(34)15-33)32-23(20)30-21-5-1-2-6-22(21)31-24(35)16-7-8-16/h1-2,5-6,9-12,14,16,19,34H,3-4,7-8,13,15H2,(H,31,35)(H2,28,29,30,32). The molecule has 2 fully saturated rings. The number of likely N-dealkylation sites (tertiary alicyclic amines) is 1. The van der Waals surface area contributed by atoms with Crippen LogP contribution in [-0.2, 0) is 4.79 Å². The molecule has 2 amide bonds. The fraction of sp³-hybridized carbons (Fsp3) is 0.308. The average Bonchev–Trinajstić information content (AvgIpc) is 3.73. The van der Waals surface area contributed by atoms with E-state index in [9.17, 15) is 14.7 Å². The Morgan fingerprint density at radius 2 is 1.75 bits per heavy atom. The maximum atomic E-state index is 12.7. The Kier molecular flexibility index (Phi) is 7.02. The molecule has 1 atom stereocenters. The van der Waals surface area contributed by atoms with Crippen molar-refractivity contribution >= 4 is 52.2 Å². The van der Waals surface area contributed by atoms with E-state index in [-0.39, 0.29) is 17.7 Å². The Morgan fingerprint density at radius 3 is 2.47 bits per heavy atom. The van der Waals surface area contributed by atoms with Crippen molar-refractivity contribution in [2.24, 2.45) is 5.92 Å². The van der Waals surface area contributed by atoms with Gasteiger partial charge in [0.15, 0.2) is 5.82 Å². The molecule has 4 N–H and O–H groups in total. The number of piperidine rings is 1. The number of carbonyl (C=O) groups excluding carboxylic acids is 2. The molecule has 1 aromatic heterocycles. The Morgan fingerprint density at radius 1 is 1.00 bits per heavy atom. The van der Waals surface area contributed by atoms with Crippen molar-refractivity contribution in [3.8, 4) is 0 Å². The van der Waals surface area contributed by atoms with E-state index in [2.05, 4.69) is 25.9 Å². The van der Waals surface area contributed by atoms with Crippen molar-refractivity contribution in [3.63, 3.8) is 0 Å². The molecule has 1 aliphatic heterocycles. The molecule has 36 heavy (non-hydrogen) atoms. The number of nitrogens with one attached hydrogen (secondary N) is 3. The normalized spacial score (nSPS) is 17.4. The predicted molar refractivity (Wildman–Crippen MR) is 139 cm³/mol. The topological polar surface area (TPSA) is 119 Å². The first-order valence-electron chi connectivity index (χ1n) is 12.0. The summed E-state index contributed by atoms with van der Waals surface area (Å²) in [5.41, 5.74) is 2.58. The Hall–Kier alpha value is -3.69. The maximum absolute atomic E-state index is 12.7. The van der Waals surface area contributed by atoms with Gasteiger partial charge in [0.25, 0.3) is 5.91 Å². The van der Waals surface area contributed by atoms with Crippen LogP contribution in [0.4, 0.5) is 28.8 Å². The van der Waals surface area contributed by atoms with Crippen molar-refractivity contribution in [2.75, 3.05) is 29.0 Å². The molecule has 1 unspecified atom stereocenters. The third-order valence-electron chi connectivity index (χ3n) is 6.20. The predicted octanol–water partition coefficient (Wildman–Crippen LogP) is 4.56. The van der Waals surface area contributed by atoms with E-state index in [1.165, 1.54) is 6.20 Å². The third kappa shape index (κ3) is 5.75. The number of para-hydroxylation sites is 2. The molecule has 0 radical (unpaired) electrons. The second-order valence-corrected chi connectivity index (χ2v) is 9.48. The Bertz CT molecular complexity index is 1260. The minimum Gasteiger partial charge on any atom is -0.391 e. The van der Waals surface area contributed by atoms with Crippen LogP contribution in [0.15, 0.2) is 54.7 Å². The number of β-amino-alcohol motifs (C(OH)–C–C–N with tert-alkyl or cyclic N) is 1. The molecule has 0 bridgehead atoms. The number of aliphatic hydroxyl groups excluding tert-OH is 1. The van der Waals surface area contributed by atoms with Crippen molar-refractivity contribution in [1.82, 2.24) is 14.9 Å². The van der Waals surface area contributed by atoms with Gasteiger partial charge in [-0.3, -0.25) is 9.59 Å². The maximum Gasteiger partial charge on any atom is 0.253 e. The number of aromatic nitrogens is 2. The van der Waals surface area contributed by atoms with Gasteiger partial charge in [-0.05, 0) is 62.1 Å². The summed E-state index contributed by atoms with van der Waals surface area (Å²) in [5.74, 6) is 0.711. The van der Waals surface area contributed by atoms with E-state index in [4.69, 9.17) is 11.6 Å². The first kappa shape index (κ1) is 24.0. The molecular formula is C26H27ClN6O3. The van der Waals surface area contributed by atoms with Crippen LogP contribution in [0.5, 0.6) is 0 Å². The average molecular weight is 507 g/mol. The van der Waals surface area contributed by atoms with Crippen LogP contribution in [0.2, 0.25) is 5.02 Å². The van der Waals surface area contributed by atoms with E-state index in [1.54, 1.807) is 29.2 Å². The molecule has 10 heteroatoms. The van der Waals surface area contributed by atoms with Crippen molar-refractivity contribution in [3.05, 3.63) is 65.3 Å². The van der Waals surface area contributed by atoms with Gasteiger partial charge in [0.05, 0.1) is 23.7 Å². The molecule has 3 aromatic rings. The molecule has 1 saturated carbocycles. The first-order valence-corrected chi connectivity index (χ1v) is 12.4. The van der Waals surface area contributed by atoms with Gasteiger partial charge in [0.2, 0.25) is 11.9 Å². The summed E-state index contributed by atoms with van der Waals surface area (Å²) in [6.07, 6.45) is 4.40. The fourth-order valence-corrected chi connectivity index (χ4v) is 4.21. The molecule has 0 spiro atoms. The van der Waals surface area contributed by atoms with E-state index < -0.39 is 6.10 Å². The van der Waals surface area contributed by atoms with Crippen LogP contribution < -0.4 is 16.0 Å². The van der Waals surface area contributed by atoms with Crippen molar-refractivity contribution in [1.29, 1.82) is 0 Å². The Labute approximate surface area is 213 Å². The third-order valence-corrected chi connectivity index (χ3v) is 6.48. The highest BCUT2D eigenvalue weighted by molar-refractivity contribution is 6.33. The highest BCUT2D eigenvalue weighted by Gasteiger charge is 2.30. The zero-order valence-corrected chi connectivity index (χ0v) is 20.3. The fourth-order valence-electron chi connectivity index (χ4n) is 4.07. The van der Waals surface area contributed by atoms with Crippen LogP contribution in [0.3, 0.4) is 0 Å². The number of hydrogen-bond acceptors (Lipinski definition) is 7. The molecule has 1 saturated heterocycles. The van der Waals surface area contributed by atoms with Crippen molar-refractivity contribution < 1.29 is 14.7 Å². The van der Waals surface area contributed by atoms with E-state index in [0.29, 0.717) is 52.5 Å². The lowest BCUT2D eigenvalue weighted by Gasteiger charge is -2.30. The van der Waals surface area contributed by atoms with Crippen molar-refractivity contribution in [2.45, 2.75) is 31.8 Å². The first-order chi connectivity index (χ1) is 17.5. The van der Waals surface area contributed by atoms with Gasteiger partial charge >= 0.3 is 0 Å². The number of carbonyl (C=O) groups is 2. The summed E-state index contributed by atoms with van der Waals surface area (Å²) in [5, 5.41) is 19.4. The molecule has 2 heterocycles. The number of aliphatic hydroxyl groups is 1. The number of benzene rings is 2. The lowest BCUT2D eigenvalue weighted by molar-refractivity contribution is -0.117. The van der Waals surface area contributed by atoms with Crippen LogP contribution >= 0.6 is 11.6 Å². The van der Waals surface area contributed by atoms with Crippen LogP contribution in [0, 0.1) is 5.92 Å². The number of rotatable bonds is 7. The SMILES string of the molecule is O=C(Nc1ccccc1Nc1nc(Nc2ccc(C(=O)N3CCCC(O)C3)cc2)ncc1Cl)C1CC1. The molecule has 1 aliphatic carbocycles. The number of nitrogens with zero attached hydrogens (tertiary/aromatic N) is 3. The van der Waals surface area contributed by atoms with Gasteiger partial charge in [0, 0.05) is 30.3 Å². The highest BCUT2D eigenvalue weighted by Crippen LogP contribution is 2.33. The van der Waals surface area contributed by atoms with Gasteiger partial charge in [-0.1, -0.05) is 23.7 Å². The molecule has 2 aliphatic rings. The lowest BCUT2D eigenvalue weighted by atomic mass is 10.1. The van der Waals surface area contributed by atoms with Gasteiger partial charge in [-0.2, -0.15) is 4.98 Å². The van der Waals surface area contributed by atoms with Gasteiger partial charge < -0.3 is 26.0 Å². The molecule has 2 aromatic carbocycles. The molecular weight excluding hydrogens is 480 g/mol. The zero-order valence-electron chi connectivity index (χ0n) is 19.6. The smallest absolute Gasteiger partial charge is 0.253 e. The second-order valence-electron chi connectivity index (χ2n) is 9.07. The van der Waals surface area contributed by atoms with Crippen LogP contribution in [0.25, 0.3) is 0 Å². The summed E-state index contributed by atoms with van der Waals surface area (Å²) in [6, 6.07) is 14.4. The number of amides is 2. The number of hydrogen-bond donors (Lipinski definition) is 4. The lowest BCUT2D eigenvalue weighted by Crippen LogP contribution is -2.42. The largest absolute Gasteiger partial charge is 0.391 e. The summed E-state index contributed by atoms with van der Waals surface area (Å²) in [7, 11) is 0.